The number of hydrogen-bond acceptors (Lipinski definition) is 3. The molecule has 0 unspecified atom stereocenters. The molecule has 1 heterocycles. The molecule has 0 aliphatic carbocycles. The number of hydrogen-bond donors (Lipinski definition) is 1. The normalized spacial score (nSPS) is 15.8. The van der Waals surface area contributed by atoms with Crippen LogP contribution in [0, 0.1) is 0 Å². The van der Waals surface area contributed by atoms with Crippen LogP contribution in [0.5, 0.6) is 0 Å². The molecule has 60 valence electrons. The van der Waals surface area contributed by atoms with Crippen molar-refractivity contribution >= 4 is 5.97 Å². The van der Waals surface area contributed by atoms with E-state index in [9.17, 15) is 9.90 Å². The topological polar surface area (TPSA) is 80.9 Å². The number of furan rings is 1. The molecule has 1 aromatic rings. The lowest BCUT2D eigenvalue weighted by Crippen LogP contribution is -2.75. The first-order chi connectivity index (χ1) is 5.05. The van der Waals surface area contributed by atoms with Gasteiger partial charge in [-0.05, 0) is 12.1 Å². The number of carboxylic acids is 1. The average molecular weight is 155 g/mol. The molecule has 1 rings (SSSR count). The van der Waals surface area contributed by atoms with E-state index in [2.05, 4.69) is 5.73 Å². The summed E-state index contributed by atoms with van der Waals surface area (Å²) in [7, 11) is 0. The smallest absolute Gasteiger partial charge is 0.190 e. The minimum absolute atomic E-state index is 0.303. The van der Waals surface area contributed by atoms with Crippen LogP contribution >= 0.6 is 0 Å². The number of quaternary nitrogens is 1. The quantitative estimate of drug-likeness (QED) is 0.563. The minimum Gasteiger partial charge on any atom is -0.543 e. The predicted octanol–water partition coefficient (Wildman–Crippen LogP) is -1.51. The molecule has 0 saturated carbocycles. The van der Waals surface area contributed by atoms with Crippen molar-refractivity contribution in [1.29, 1.82) is 0 Å². The van der Waals surface area contributed by atoms with Gasteiger partial charge in [0.2, 0.25) is 0 Å². The summed E-state index contributed by atoms with van der Waals surface area (Å²) in [5, 5.41) is 10.5. The fourth-order valence-electron chi connectivity index (χ4n) is 0.693. The SMILES string of the molecule is C[C@]([NH3+])(C(=O)[O-])c1ccco1. The van der Waals surface area contributed by atoms with Crippen LogP contribution in [0.1, 0.15) is 12.7 Å². The van der Waals surface area contributed by atoms with Crippen molar-refractivity contribution < 1.29 is 20.1 Å². The van der Waals surface area contributed by atoms with Gasteiger partial charge in [-0.1, -0.05) is 0 Å². The Morgan fingerprint density at radius 1 is 1.82 bits per heavy atom. The third-order valence-corrected chi connectivity index (χ3v) is 1.52. The van der Waals surface area contributed by atoms with E-state index in [-0.39, 0.29) is 0 Å². The van der Waals surface area contributed by atoms with E-state index in [0.717, 1.165) is 0 Å². The highest BCUT2D eigenvalue weighted by atomic mass is 16.4. The number of carboxylic acid groups (broad SMARTS) is 1. The first-order valence-corrected chi connectivity index (χ1v) is 3.16. The molecule has 0 radical (unpaired) electrons. The molecule has 11 heavy (non-hydrogen) atoms. The Bertz CT molecular complexity index is 251. The van der Waals surface area contributed by atoms with Crippen LogP contribution in [0.25, 0.3) is 0 Å². The third-order valence-electron chi connectivity index (χ3n) is 1.52. The molecule has 0 fully saturated rings. The fraction of sp³-hybridized carbons (Fsp3) is 0.286. The van der Waals surface area contributed by atoms with Gasteiger partial charge in [0.15, 0.2) is 11.3 Å². The van der Waals surface area contributed by atoms with E-state index >= 15 is 0 Å². The molecule has 4 nitrogen and oxygen atoms in total. The van der Waals surface area contributed by atoms with E-state index in [1.807, 2.05) is 0 Å². The van der Waals surface area contributed by atoms with Gasteiger partial charge in [-0.3, -0.25) is 0 Å². The average Bonchev–Trinajstić information content (AvgIpc) is 2.37. The Balaban J connectivity index is 3.00. The maximum Gasteiger partial charge on any atom is 0.190 e. The molecule has 1 aromatic heterocycles. The van der Waals surface area contributed by atoms with Gasteiger partial charge in [-0.2, -0.15) is 0 Å². The van der Waals surface area contributed by atoms with Gasteiger partial charge in [0, 0.05) is 6.92 Å². The van der Waals surface area contributed by atoms with Crippen molar-refractivity contribution in [3.63, 3.8) is 0 Å². The zero-order chi connectivity index (χ0) is 8.48. The first-order valence-electron chi connectivity index (χ1n) is 3.16. The van der Waals surface area contributed by atoms with Crippen LogP contribution in [0.2, 0.25) is 0 Å². The van der Waals surface area contributed by atoms with Crippen molar-refractivity contribution in [3.8, 4) is 0 Å². The highest BCUT2D eigenvalue weighted by molar-refractivity contribution is 5.74. The molecular weight excluding hydrogens is 146 g/mol. The van der Waals surface area contributed by atoms with Gasteiger partial charge < -0.3 is 20.1 Å². The van der Waals surface area contributed by atoms with Crippen molar-refractivity contribution in [1.82, 2.24) is 0 Å². The van der Waals surface area contributed by atoms with Crippen LogP contribution in [-0.4, -0.2) is 5.97 Å². The summed E-state index contributed by atoms with van der Waals surface area (Å²) in [5.41, 5.74) is 2.17. The van der Waals surface area contributed by atoms with Gasteiger partial charge in [0.05, 0.1) is 6.26 Å². The maximum absolute atomic E-state index is 10.5. The standard InChI is InChI=1S/C7H9NO3/c1-7(8,6(9)10)5-3-2-4-11-5/h2-4H,8H2,1H3,(H,9,10)/t7-/m1/s1. The molecule has 4 heteroatoms. The molecule has 0 aliphatic heterocycles. The largest absolute Gasteiger partial charge is 0.543 e. The van der Waals surface area contributed by atoms with Gasteiger partial charge in [-0.25, -0.2) is 0 Å². The van der Waals surface area contributed by atoms with Crippen molar-refractivity contribution in [2.45, 2.75) is 12.5 Å². The summed E-state index contributed by atoms with van der Waals surface area (Å²) < 4.78 is 4.88. The molecule has 1 atom stereocenters. The fourth-order valence-corrected chi connectivity index (χ4v) is 0.693. The summed E-state index contributed by atoms with van der Waals surface area (Å²) in [4.78, 5) is 10.5. The Morgan fingerprint density at radius 2 is 2.45 bits per heavy atom. The summed E-state index contributed by atoms with van der Waals surface area (Å²) >= 11 is 0. The number of aliphatic carboxylic acids is 1. The van der Waals surface area contributed by atoms with Gasteiger partial charge in [-0.15, -0.1) is 0 Å². The van der Waals surface area contributed by atoms with E-state index in [0.29, 0.717) is 5.76 Å². The summed E-state index contributed by atoms with van der Waals surface area (Å²) in [6, 6.07) is 3.17. The van der Waals surface area contributed by atoms with E-state index in [4.69, 9.17) is 4.42 Å². The maximum atomic E-state index is 10.5. The molecule has 0 aromatic carbocycles. The second kappa shape index (κ2) is 2.39. The lowest BCUT2D eigenvalue weighted by atomic mass is 10.0. The first kappa shape index (κ1) is 7.81. The zero-order valence-corrected chi connectivity index (χ0v) is 6.16. The van der Waals surface area contributed by atoms with Gasteiger partial charge in [0.1, 0.15) is 5.97 Å². The number of carbonyl (C=O) groups is 1. The van der Waals surface area contributed by atoms with Crippen LogP contribution in [-0.2, 0) is 10.3 Å². The molecule has 0 bridgehead atoms. The minimum atomic E-state index is -1.29. The Kier molecular flexibility index (Phi) is 1.70. The van der Waals surface area contributed by atoms with Crippen LogP contribution < -0.4 is 10.8 Å². The van der Waals surface area contributed by atoms with Crippen molar-refractivity contribution in [3.05, 3.63) is 24.2 Å². The van der Waals surface area contributed by atoms with Crippen molar-refractivity contribution in [2.75, 3.05) is 0 Å². The lowest BCUT2D eigenvalue weighted by molar-refractivity contribution is -0.493. The molecule has 0 amide bonds. The van der Waals surface area contributed by atoms with E-state index in [1.54, 1.807) is 12.1 Å². The Labute approximate surface area is 63.6 Å². The highest BCUT2D eigenvalue weighted by Gasteiger charge is 2.30. The van der Waals surface area contributed by atoms with Crippen LogP contribution in [0.4, 0.5) is 0 Å². The number of rotatable bonds is 2. The van der Waals surface area contributed by atoms with Crippen LogP contribution in [0.15, 0.2) is 22.8 Å². The summed E-state index contributed by atoms with van der Waals surface area (Å²) in [6.07, 6.45) is 1.40. The highest BCUT2D eigenvalue weighted by Crippen LogP contribution is 2.14. The van der Waals surface area contributed by atoms with Gasteiger partial charge >= 0.3 is 0 Å². The predicted molar refractivity (Wildman–Crippen MR) is 34.0 cm³/mol. The number of carbonyl (C=O) groups excluding carboxylic acids is 1. The molecule has 0 spiro atoms. The zero-order valence-electron chi connectivity index (χ0n) is 6.16. The second-order valence-corrected chi connectivity index (χ2v) is 2.60. The molecule has 0 aliphatic rings. The van der Waals surface area contributed by atoms with E-state index < -0.39 is 11.5 Å². The molecule has 3 N–H and O–H groups in total. The second-order valence-electron chi connectivity index (χ2n) is 2.60. The van der Waals surface area contributed by atoms with Crippen molar-refractivity contribution in [2.24, 2.45) is 0 Å². The summed E-state index contributed by atoms with van der Waals surface area (Å²) in [6.45, 7) is 1.43. The molecule has 0 saturated heterocycles. The Hall–Kier alpha value is -1.29. The summed E-state index contributed by atoms with van der Waals surface area (Å²) in [5.74, 6) is -0.940. The Morgan fingerprint density at radius 3 is 2.82 bits per heavy atom. The van der Waals surface area contributed by atoms with Gasteiger partial charge in [0.25, 0.3) is 0 Å². The van der Waals surface area contributed by atoms with E-state index in [1.165, 1.54) is 13.2 Å². The molecular formula is C7H9NO3. The van der Waals surface area contributed by atoms with Crippen LogP contribution in [0.3, 0.4) is 0 Å². The third kappa shape index (κ3) is 1.25. The lowest BCUT2D eigenvalue weighted by Gasteiger charge is -2.18. The monoisotopic (exact) mass is 155 g/mol.